The summed E-state index contributed by atoms with van der Waals surface area (Å²) < 4.78 is 42.7. The fraction of sp³-hybridized carbons (Fsp3) is 0.0833. The van der Waals surface area contributed by atoms with Crippen molar-refractivity contribution in [2.24, 2.45) is 5.11 Å². The number of nitrogens with zero attached hydrogens (tertiary/aromatic N) is 5. The van der Waals surface area contributed by atoms with E-state index in [0.717, 1.165) is 16.8 Å². The van der Waals surface area contributed by atoms with E-state index < -0.39 is 23.9 Å². The lowest BCUT2D eigenvalue weighted by molar-refractivity contribution is -0.274. The van der Waals surface area contributed by atoms with Crippen LogP contribution in [-0.2, 0) is 0 Å². The summed E-state index contributed by atoms with van der Waals surface area (Å²) in [7, 11) is 0. The Morgan fingerprint density at radius 3 is 2.42 bits per heavy atom. The van der Waals surface area contributed by atoms with E-state index in [9.17, 15) is 22.8 Å². The van der Waals surface area contributed by atoms with Crippen molar-refractivity contribution < 1.29 is 27.5 Å². The summed E-state index contributed by atoms with van der Waals surface area (Å²) in [5, 5.41) is 12.9. The lowest BCUT2D eigenvalue weighted by Crippen LogP contribution is -2.17. The Labute approximate surface area is 212 Å². The molecule has 0 unspecified atom stereocenters. The van der Waals surface area contributed by atoms with Crippen LogP contribution in [-0.4, -0.2) is 32.9 Å². The fourth-order valence-corrected chi connectivity index (χ4v) is 3.35. The monoisotopic (exact) mass is 523 g/mol. The second kappa shape index (κ2) is 10.7. The first-order valence-electron chi connectivity index (χ1n) is 10.8. The molecule has 0 atom stereocenters. The van der Waals surface area contributed by atoms with E-state index in [1.807, 2.05) is 0 Å². The molecule has 192 valence electrons. The average Bonchev–Trinajstić information content (AvgIpc) is 3.26. The van der Waals surface area contributed by atoms with Crippen molar-refractivity contribution in [3.05, 3.63) is 89.5 Å². The molecular formula is C24H18F3N8O3+. The smallest absolute Gasteiger partial charge is 0.406 e. The van der Waals surface area contributed by atoms with E-state index in [-0.39, 0.29) is 28.8 Å². The first-order chi connectivity index (χ1) is 18.1. The Bertz CT molecular complexity index is 1540. The van der Waals surface area contributed by atoms with Crippen molar-refractivity contribution in [3.63, 3.8) is 0 Å². The molecule has 0 saturated heterocycles. The largest absolute Gasteiger partial charge is 0.573 e. The minimum absolute atomic E-state index is 0.102. The molecule has 0 fully saturated rings. The zero-order valence-corrected chi connectivity index (χ0v) is 19.5. The molecule has 0 aliphatic carbocycles. The lowest BCUT2D eigenvalue weighted by Gasteiger charge is -2.11. The third-order valence-corrected chi connectivity index (χ3v) is 5.04. The van der Waals surface area contributed by atoms with Crippen LogP contribution < -0.4 is 20.3 Å². The van der Waals surface area contributed by atoms with Crippen molar-refractivity contribution in [1.82, 2.24) is 19.7 Å². The molecule has 3 aromatic carbocycles. The minimum atomic E-state index is -4.86. The normalized spacial score (nSPS) is 10.8. The average molecular weight is 523 g/mol. The number of hydrogen-bond donors (Lipinski definition) is 3. The molecule has 0 saturated carbocycles. The number of nitrogens with one attached hydrogen (secondary N) is 3. The number of ether oxygens (including phenoxy) is 1. The molecule has 3 N–H and O–H groups in total. The summed E-state index contributed by atoms with van der Waals surface area (Å²) in [6.45, 7) is 1.75. The van der Waals surface area contributed by atoms with Gasteiger partial charge in [-0.1, -0.05) is 24.3 Å². The summed E-state index contributed by atoms with van der Waals surface area (Å²) in [6.07, 6.45) is -4.86. The van der Waals surface area contributed by atoms with E-state index in [4.69, 9.17) is 5.53 Å². The first-order valence-corrected chi connectivity index (χ1v) is 10.8. The van der Waals surface area contributed by atoms with Crippen LogP contribution in [0.1, 0.15) is 26.3 Å². The van der Waals surface area contributed by atoms with Crippen LogP contribution in [0.15, 0.2) is 77.9 Å². The number of benzene rings is 3. The molecule has 14 heteroatoms. The van der Waals surface area contributed by atoms with Gasteiger partial charge in [-0.05, 0) is 61.0 Å². The lowest BCUT2D eigenvalue weighted by atomic mass is 10.1. The highest BCUT2D eigenvalue weighted by Crippen LogP contribution is 2.25. The standard InChI is InChI=1S/C24H17F3N8O3/c1-14-5-2-3-8-19(14)21(37)30-23-31-22(29-20(36)15-6-4-7-16(13-15)32-34-28)33-35(23)17-9-11-18(12-10-17)38-24(25,26)27/h2-13,28H,1H3,(H-,29,30,31,33,36,37)/p+1. The van der Waals surface area contributed by atoms with Crippen LogP contribution in [0.2, 0.25) is 0 Å². The maximum atomic E-state index is 12.9. The molecule has 2 amide bonds. The van der Waals surface area contributed by atoms with Crippen LogP contribution in [0.5, 0.6) is 5.75 Å². The number of hydrogen-bond acceptors (Lipinski definition) is 7. The summed E-state index contributed by atoms with van der Waals surface area (Å²) in [4.78, 5) is 32.8. The first kappa shape index (κ1) is 25.7. The highest BCUT2D eigenvalue weighted by atomic mass is 19.4. The predicted octanol–water partition coefficient (Wildman–Crippen LogP) is 5.16. The molecule has 0 aliphatic rings. The van der Waals surface area contributed by atoms with Gasteiger partial charge in [-0.2, -0.15) is 9.67 Å². The van der Waals surface area contributed by atoms with Gasteiger partial charge in [-0.15, -0.1) is 18.3 Å². The number of anilines is 2. The number of aryl methyl sites for hydroxylation is 1. The van der Waals surface area contributed by atoms with Crippen LogP contribution in [0.4, 0.5) is 30.8 Å². The predicted molar refractivity (Wildman–Crippen MR) is 129 cm³/mol. The number of carbonyl (C=O) groups is 2. The van der Waals surface area contributed by atoms with Gasteiger partial charge in [0.2, 0.25) is 10.9 Å². The second-order valence-electron chi connectivity index (χ2n) is 7.69. The maximum Gasteiger partial charge on any atom is 0.573 e. The van der Waals surface area contributed by atoms with Gasteiger partial charge in [0, 0.05) is 11.1 Å². The van der Waals surface area contributed by atoms with Gasteiger partial charge in [0.1, 0.15) is 11.3 Å². The van der Waals surface area contributed by atoms with E-state index in [2.05, 4.69) is 35.5 Å². The molecule has 0 spiro atoms. The van der Waals surface area contributed by atoms with Crippen LogP contribution >= 0.6 is 0 Å². The van der Waals surface area contributed by atoms with Gasteiger partial charge in [0.05, 0.1) is 5.69 Å². The molecule has 11 nitrogen and oxygen atoms in total. The molecule has 38 heavy (non-hydrogen) atoms. The van der Waals surface area contributed by atoms with Crippen LogP contribution in [0.25, 0.3) is 5.69 Å². The summed E-state index contributed by atoms with van der Waals surface area (Å²) >= 11 is 0. The molecule has 1 aromatic heterocycles. The molecular weight excluding hydrogens is 505 g/mol. The van der Waals surface area contributed by atoms with Crippen LogP contribution in [0, 0.1) is 12.5 Å². The van der Waals surface area contributed by atoms with Crippen molar-refractivity contribution >= 4 is 29.4 Å². The molecule has 0 aliphatic heterocycles. The Kier molecular flexibility index (Phi) is 7.26. The third-order valence-electron chi connectivity index (χ3n) is 5.04. The number of amides is 2. The molecule has 1 heterocycles. The Hall–Kier alpha value is -5.36. The summed E-state index contributed by atoms with van der Waals surface area (Å²) in [6, 6.07) is 17.5. The van der Waals surface area contributed by atoms with Crippen LogP contribution in [0.3, 0.4) is 0 Å². The zero-order valence-electron chi connectivity index (χ0n) is 19.5. The molecule has 4 rings (SSSR count). The number of alkyl halides is 3. The maximum absolute atomic E-state index is 12.9. The van der Waals surface area contributed by atoms with E-state index >= 15 is 0 Å². The topological polar surface area (TPSA) is 148 Å². The van der Waals surface area contributed by atoms with Crippen molar-refractivity contribution in [3.8, 4) is 11.4 Å². The van der Waals surface area contributed by atoms with Gasteiger partial charge in [0.25, 0.3) is 17.8 Å². The zero-order chi connectivity index (χ0) is 27.3. The highest BCUT2D eigenvalue weighted by Gasteiger charge is 2.31. The van der Waals surface area contributed by atoms with Crippen molar-refractivity contribution in [2.45, 2.75) is 13.3 Å². The molecule has 0 bridgehead atoms. The number of halogens is 3. The Morgan fingerprint density at radius 1 is 1.00 bits per heavy atom. The molecule has 0 radical (unpaired) electrons. The van der Waals surface area contributed by atoms with Gasteiger partial charge in [-0.3, -0.25) is 20.2 Å². The van der Waals surface area contributed by atoms with E-state index in [1.165, 1.54) is 24.3 Å². The SMILES string of the molecule is Cc1ccccc1C(=O)Nc1nc(NC(=O)c2cccc(N=[N+]=N)c2)nn1-c1ccc(OC(F)(F)F)cc1. The number of rotatable bonds is 7. The fourth-order valence-electron chi connectivity index (χ4n) is 3.35. The Balaban J connectivity index is 1.66. The van der Waals surface area contributed by atoms with Gasteiger partial charge < -0.3 is 4.74 Å². The van der Waals surface area contributed by atoms with E-state index in [1.54, 1.807) is 43.3 Å². The third kappa shape index (κ3) is 6.25. The molecule has 4 aromatic rings. The Morgan fingerprint density at radius 2 is 1.74 bits per heavy atom. The van der Waals surface area contributed by atoms with Crippen molar-refractivity contribution in [2.75, 3.05) is 10.6 Å². The number of aromatic nitrogens is 3. The summed E-state index contributed by atoms with van der Waals surface area (Å²) in [5.41, 5.74) is 8.57. The van der Waals surface area contributed by atoms with Crippen molar-refractivity contribution in [1.29, 1.82) is 5.53 Å². The van der Waals surface area contributed by atoms with Gasteiger partial charge in [0.15, 0.2) is 10.8 Å². The minimum Gasteiger partial charge on any atom is -0.406 e. The van der Waals surface area contributed by atoms with E-state index in [0.29, 0.717) is 11.1 Å². The van der Waals surface area contributed by atoms with Gasteiger partial charge in [-0.25, -0.2) is 0 Å². The van der Waals surface area contributed by atoms with Gasteiger partial charge >= 0.3 is 6.36 Å². The second-order valence-corrected chi connectivity index (χ2v) is 7.69. The summed E-state index contributed by atoms with van der Waals surface area (Å²) in [5.74, 6) is -1.88. The number of carbonyl (C=O) groups excluding carboxylic acids is 2. The highest BCUT2D eigenvalue weighted by molar-refractivity contribution is 6.05. The quantitative estimate of drug-likeness (QED) is 0.226.